The lowest BCUT2D eigenvalue weighted by Gasteiger charge is -2.24. The molecule has 0 fully saturated rings. The summed E-state index contributed by atoms with van der Waals surface area (Å²) < 4.78 is 42.7. The molecule has 0 aliphatic carbocycles. The Morgan fingerprint density at radius 2 is 1.12 bits per heavy atom. The largest absolute Gasteiger partial charge is 0.754 e. The van der Waals surface area contributed by atoms with Gasteiger partial charge in [0, 0.05) is 0 Å². The van der Waals surface area contributed by atoms with Gasteiger partial charge in [0.2, 0.25) is 0 Å². The second-order valence-electron chi connectivity index (χ2n) is 6.13. The first kappa shape index (κ1) is 26.9. The van der Waals surface area contributed by atoms with Crippen molar-refractivity contribution >= 4 is 66.3 Å². The molecule has 0 spiro atoms. The first-order valence-corrected chi connectivity index (χ1v) is 13.2. The van der Waals surface area contributed by atoms with Gasteiger partial charge in [-0.1, -0.05) is 66.2 Å². The van der Waals surface area contributed by atoms with Gasteiger partial charge in [-0.3, -0.25) is 4.57 Å². The maximum absolute atomic E-state index is 13.3. The van der Waals surface area contributed by atoms with Crippen LogP contribution >= 0.6 is 50.4 Å². The minimum absolute atomic E-state index is 0.412. The lowest BCUT2D eigenvalue weighted by molar-refractivity contribution is -0.207. The van der Waals surface area contributed by atoms with E-state index in [1.807, 2.05) is 91.0 Å². The third-order valence-electron chi connectivity index (χ3n) is 4.18. The highest BCUT2D eigenvalue weighted by Crippen LogP contribution is 2.58. The Morgan fingerprint density at radius 3 is 1.34 bits per heavy atom. The number of hydrogen-bond donors (Lipinski definition) is 0. The van der Waals surface area contributed by atoms with E-state index in [0.717, 1.165) is 15.9 Å². The molecule has 0 atom stereocenters. The van der Waals surface area contributed by atoms with E-state index < -0.39 is 26.5 Å². The third kappa shape index (κ3) is 7.08. The molecule has 0 aromatic heterocycles. The molecule has 3 aromatic rings. The van der Waals surface area contributed by atoms with Gasteiger partial charge in [-0.25, -0.2) is 16.9 Å². The van der Waals surface area contributed by atoms with Crippen molar-refractivity contribution in [3.8, 4) is 0 Å². The Labute approximate surface area is 200 Å². The minimum Gasteiger partial charge on any atom is -0.754 e. The van der Waals surface area contributed by atoms with E-state index in [4.69, 9.17) is 11.6 Å². The molecule has 32 heavy (non-hydrogen) atoms. The van der Waals surface area contributed by atoms with E-state index in [-0.39, 0.29) is 0 Å². The second-order valence-corrected chi connectivity index (χ2v) is 11.8. The molecule has 0 aliphatic rings. The van der Waals surface area contributed by atoms with Crippen LogP contribution in [0.1, 0.15) is 0 Å². The molecule has 0 aliphatic heterocycles. The van der Waals surface area contributed by atoms with Crippen LogP contribution in [0.15, 0.2) is 102 Å². The summed E-state index contributed by atoms with van der Waals surface area (Å²) in [5, 5.41) is 2.56. The second kappa shape index (κ2) is 12.8. The SMILES string of the molecule is FC(F)C(Cl)=C[P+](c1ccccc1)(c1ccccc1)c1ccccc1.O=P([O-])(OCl)OCl. The van der Waals surface area contributed by atoms with Crippen LogP contribution in [-0.4, -0.2) is 6.43 Å². The number of phosphoric acid groups is 1. The molecule has 0 bridgehead atoms. The lowest BCUT2D eigenvalue weighted by Crippen LogP contribution is -2.30. The smallest absolute Gasteiger partial charge is 0.301 e. The Balaban J connectivity index is 0.000000451. The standard InChI is InChI=1S/C21H17ClF2P.Cl2HO4P/c22-20(21(23)24)16-25(17-10-4-1-5-11-17,18-12-6-2-7-13-18)19-14-8-3-9-15-19;1-5-7(3,4)6-2/h1-16,21H;(H,3,4)/q+1;/p-1. The van der Waals surface area contributed by atoms with Gasteiger partial charge in [0.05, 0.1) is 29.5 Å². The molecule has 170 valence electrons. The molecule has 0 saturated heterocycles. The summed E-state index contributed by atoms with van der Waals surface area (Å²) in [7, 11) is -6.81. The van der Waals surface area contributed by atoms with Gasteiger partial charge in [0.25, 0.3) is 6.43 Å². The van der Waals surface area contributed by atoms with Crippen molar-refractivity contribution in [2.75, 3.05) is 0 Å². The Kier molecular flexibility index (Phi) is 10.8. The van der Waals surface area contributed by atoms with Gasteiger partial charge in [-0.15, -0.1) is 0 Å². The lowest BCUT2D eigenvalue weighted by atomic mass is 10.4. The quantitative estimate of drug-likeness (QED) is 0.340. The fraction of sp³-hybridized carbons (Fsp3) is 0.0476. The Hall–Kier alpha value is -1.33. The van der Waals surface area contributed by atoms with E-state index in [9.17, 15) is 18.2 Å². The number of hydrogen-bond acceptors (Lipinski definition) is 4. The van der Waals surface area contributed by atoms with Crippen LogP contribution in [0.25, 0.3) is 0 Å². The zero-order valence-corrected chi connectivity index (χ0v) is 20.3. The molecule has 0 amide bonds. The van der Waals surface area contributed by atoms with Crippen molar-refractivity contribution in [3.63, 3.8) is 0 Å². The van der Waals surface area contributed by atoms with Gasteiger partial charge in [-0.05, 0) is 36.4 Å². The van der Waals surface area contributed by atoms with E-state index in [0.29, 0.717) is 0 Å². The molecule has 0 saturated carbocycles. The summed E-state index contributed by atoms with van der Waals surface area (Å²) in [6.07, 6.45) is -2.70. The molecule has 3 rings (SSSR count). The minimum atomic E-state index is -4.37. The maximum atomic E-state index is 13.3. The van der Waals surface area contributed by atoms with Crippen LogP contribution < -0.4 is 20.8 Å². The average Bonchev–Trinajstić information content (AvgIpc) is 2.84. The van der Waals surface area contributed by atoms with Gasteiger partial charge >= 0.3 is 7.82 Å². The molecular formula is C21H17Cl3F2O4P2. The molecule has 0 radical (unpaired) electrons. The fourth-order valence-electron chi connectivity index (χ4n) is 2.91. The van der Waals surface area contributed by atoms with Crippen molar-refractivity contribution in [2.24, 2.45) is 0 Å². The monoisotopic (exact) mass is 538 g/mol. The number of allylic oxidation sites excluding steroid dienone is 1. The highest BCUT2D eigenvalue weighted by atomic mass is 35.5. The number of rotatable bonds is 7. The summed E-state index contributed by atoms with van der Waals surface area (Å²) in [6, 6.07) is 29.3. The number of halogens is 5. The summed E-state index contributed by atoms with van der Waals surface area (Å²) >= 11 is 14.6. The number of alkyl halides is 2. The van der Waals surface area contributed by atoms with E-state index in [1.165, 1.54) is 0 Å². The molecule has 11 heteroatoms. The summed E-state index contributed by atoms with van der Waals surface area (Å²) in [5.74, 6) is 1.58. The Bertz CT molecular complexity index is 938. The molecule has 0 heterocycles. The first-order valence-electron chi connectivity index (χ1n) is 8.90. The predicted octanol–water partition coefficient (Wildman–Crippen LogP) is 6.12. The van der Waals surface area contributed by atoms with Crippen molar-refractivity contribution in [1.82, 2.24) is 0 Å². The molecule has 4 nitrogen and oxygen atoms in total. The van der Waals surface area contributed by atoms with Crippen LogP contribution in [0.4, 0.5) is 8.78 Å². The summed E-state index contributed by atoms with van der Waals surface area (Å²) in [4.78, 5) is 9.69. The third-order valence-corrected chi connectivity index (χ3v) is 9.97. The highest BCUT2D eigenvalue weighted by Gasteiger charge is 2.44. The maximum Gasteiger partial charge on any atom is 0.301 e. The number of benzene rings is 3. The zero-order chi connectivity index (χ0) is 23.6. The van der Waals surface area contributed by atoms with Crippen LogP contribution in [-0.2, 0) is 12.7 Å². The van der Waals surface area contributed by atoms with Crippen LogP contribution in [0.5, 0.6) is 0 Å². The van der Waals surface area contributed by atoms with Gasteiger partial charge in [-0.2, -0.15) is 0 Å². The van der Waals surface area contributed by atoms with Crippen LogP contribution in [0.2, 0.25) is 0 Å². The molecular weight excluding hydrogens is 523 g/mol. The highest BCUT2D eigenvalue weighted by molar-refractivity contribution is 7.98. The predicted molar refractivity (Wildman–Crippen MR) is 127 cm³/mol. The zero-order valence-electron chi connectivity index (χ0n) is 16.2. The molecule has 0 unspecified atom stereocenters. The van der Waals surface area contributed by atoms with Crippen molar-refractivity contribution in [2.45, 2.75) is 6.43 Å². The van der Waals surface area contributed by atoms with Crippen LogP contribution in [0.3, 0.4) is 0 Å². The van der Waals surface area contributed by atoms with Gasteiger partial charge < -0.3 is 4.89 Å². The van der Waals surface area contributed by atoms with Crippen molar-refractivity contribution < 1.29 is 26.4 Å². The summed E-state index contributed by atoms with van der Waals surface area (Å²) in [6.45, 7) is 0. The van der Waals surface area contributed by atoms with E-state index >= 15 is 0 Å². The van der Waals surface area contributed by atoms with Crippen molar-refractivity contribution in [1.29, 1.82) is 0 Å². The first-order chi connectivity index (χ1) is 15.3. The van der Waals surface area contributed by atoms with E-state index in [2.05, 4.69) is 31.9 Å². The Morgan fingerprint density at radius 1 is 0.812 bits per heavy atom. The van der Waals surface area contributed by atoms with E-state index in [1.54, 1.807) is 5.82 Å². The van der Waals surface area contributed by atoms with Crippen molar-refractivity contribution in [3.05, 3.63) is 102 Å². The normalized spacial score (nSPS) is 12.3. The van der Waals surface area contributed by atoms with Crippen LogP contribution in [0, 0.1) is 0 Å². The topological polar surface area (TPSA) is 58.6 Å². The average molecular weight is 540 g/mol. The van der Waals surface area contributed by atoms with Gasteiger partial charge in [0.15, 0.2) is 0 Å². The fourth-order valence-corrected chi connectivity index (χ4v) is 7.38. The molecule has 0 N–H and O–H groups in total. The molecule has 3 aromatic carbocycles. The summed E-state index contributed by atoms with van der Waals surface area (Å²) in [5.41, 5.74) is 0. The van der Waals surface area contributed by atoms with Gasteiger partial charge in [0.1, 0.15) is 28.2 Å².